The van der Waals surface area contributed by atoms with Gasteiger partial charge in [0.2, 0.25) is 0 Å². The second-order valence-corrected chi connectivity index (χ2v) is 5.73. The van der Waals surface area contributed by atoms with E-state index in [2.05, 4.69) is 54.0 Å². The molecule has 0 aliphatic carbocycles. The minimum atomic E-state index is 0.518. The summed E-state index contributed by atoms with van der Waals surface area (Å²) >= 11 is 0. The van der Waals surface area contributed by atoms with E-state index < -0.39 is 0 Å². The second-order valence-electron chi connectivity index (χ2n) is 5.73. The topological polar surface area (TPSA) is 51.4 Å². The van der Waals surface area contributed by atoms with Crippen LogP contribution in [0.3, 0.4) is 0 Å². The number of ether oxygens (including phenoxy) is 1. The first-order valence-corrected chi connectivity index (χ1v) is 7.42. The number of benzene rings is 1. The van der Waals surface area contributed by atoms with E-state index >= 15 is 0 Å². The third-order valence-electron chi connectivity index (χ3n) is 3.86. The van der Waals surface area contributed by atoms with Gasteiger partial charge in [0.05, 0.1) is 13.2 Å². The van der Waals surface area contributed by atoms with Crippen LogP contribution in [-0.4, -0.2) is 36.4 Å². The third-order valence-corrected chi connectivity index (χ3v) is 3.86. The van der Waals surface area contributed by atoms with Crippen LogP contribution in [-0.2, 0) is 4.74 Å². The van der Waals surface area contributed by atoms with Gasteiger partial charge in [0.1, 0.15) is 0 Å². The van der Waals surface area contributed by atoms with Crippen LogP contribution in [0.2, 0.25) is 0 Å². The molecule has 5 nitrogen and oxygen atoms in total. The average Bonchev–Trinajstić information content (AvgIpc) is 2.97. The van der Waals surface area contributed by atoms with Crippen LogP contribution in [0.4, 0.5) is 5.95 Å². The predicted molar refractivity (Wildman–Crippen MR) is 81.6 cm³/mol. The summed E-state index contributed by atoms with van der Waals surface area (Å²) in [5.41, 5.74) is 3.49. The van der Waals surface area contributed by atoms with Crippen LogP contribution in [0.15, 0.2) is 22.7 Å². The minimum absolute atomic E-state index is 0.518. The maximum atomic E-state index is 5.44. The largest absolute Gasteiger partial charge is 0.378 e. The Morgan fingerprint density at radius 3 is 2.62 bits per heavy atom. The van der Waals surface area contributed by atoms with Gasteiger partial charge < -0.3 is 14.2 Å². The molecule has 0 spiro atoms. The quantitative estimate of drug-likeness (QED) is 0.868. The summed E-state index contributed by atoms with van der Waals surface area (Å²) in [6, 6.07) is 6.39. The van der Waals surface area contributed by atoms with Gasteiger partial charge in [-0.05, 0) is 35.2 Å². The number of hydrogen-bond acceptors (Lipinski definition) is 5. The summed E-state index contributed by atoms with van der Waals surface area (Å²) in [6.45, 7) is 9.52. The molecule has 0 atom stereocenters. The highest BCUT2D eigenvalue weighted by molar-refractivity contribution is 5.60. The molecule has 5 heteroatoms. The minimum Gasteiger partial charge on any atom is -0.378 e. The van der Waals surface area contributed by atoms with E-state index in [0.29, 0.717) is 31.0 Å². The summed E-state index contributed by atoms with van der Waals surface area (Å²) in [5.74, 6) is 1.76. The summed E-state index contributed by atoms with van der Waals surface area (Å²) in [5, 5.41) is 4.10. The van der Waals surface area contributed by atoms with Gasteiger partial charge >= 0.3 is 0 Å². The lowest BCUT2D eigenvalue weighted by Crippen LogP contribution is -2.36. The van der Waals surface area contributed by atoms with Crippen molar-refractivity contribution in [3.05, 3.63) is 29.3 Å². The zero-order valence-corrected chi connectivity index (χ0v) is 12.8. The number of anilines is 1. The van der Waals surface area contributed by atoms with E-state index in [1.54, 1.807) is 0 Å². The molecule has 1 fully saturated rings. The van der Waals surface area contributed by atoms with Crippen LogP contribution in [0, 0.1) is 6.92 Å². The van der Waals surface area contributed by atoms with Crippen molar-refractivity contribution in [1.29, 1.82) is 0 Å². The van der Waals surface area contributed by atoms with Crippen LogP contribution >= 0.6 is 0 Å². The monoisotopic (exact) mass is 287 g/mol. The van der Waals surface area contributed by atoms with E-state index in [1.165, 1.54) is 11.1 Å². The first-order chi connectivity index (χ1) is 10.1. The van der Waals surface area contributed by atoms with Gasteiger partial charge in [-0.15, -0.1) is 0 Å². The van der Waals surface area contributed by atoms with Gasteiger partial charge in [0.25, 0.3) is 11.8 Å². The van der Waals surface area contributed by atoms with E-state index in [1.807, 2.05) is 0 Å². The van der Waals surface area contributed by atoms with Gasteiger partial charge in [0, 0.05) is 18.7 Å². The Kier molecular flexibility index (Phi) is 3.92. The molecule has 1 aromatic carbocycles. The Morgan fingerprint density at radius 1 is 1.19 bits per heavy atom. The van der Waals surface area contributed by atoms with Crippen molar-refractivity contribution in [2.45, 2.75) is 26.7 Å². The molecule has 1 aromatic heterocycles. The van der Waals surface area contributed by atoms with Crippen molar-refractivity contribution in [1.82, 2.24) is 10.1 Å². The fourth-order valence-corrected chi connectivity index (χ4v) is 2.50. The standard InChI is InChI=1S/C16H21N3O2/c1-11(2)13-4-5-14(12(3)10-13)15-17-16(18-21-15)19-6-8-20-9-7-19/h4-5,10-11H,6-9H2,1-3H3. The van der Waals surface area contributed by atoms with E-state index in [0.717, 1.165) is 18.7 Å². The lowest BCUT2D eigenvalue weighted by molar-refractivity contribution is 0.121. The van der Waals surface area contributed by atoms with Crippen LogP contribution in [0.25, 0.3) is 11.5 Å². The van der Waals surface area contributed by atoms with E-state index in [4.69, 9.17) is 9.26 Å². The second kappa shape index (κ2) is 5.85. The maximum absolute atomic E-state index is 5.44. The van der Waals surface area contributed by atoms with Gasteiger partial charge in [-0.3, -0.25) is 0 Å². The Hall–Kier alpha value is -1.88. The maximum Gasteiger partial charge on any atom is 0.266 e. The van der Waals surface area contributed by atoms with Gasteiger partial charge in [-0.25, -0.2) is 0 Å². The lowest BCUT2D eigenvalue weighted by Gasteiger charge is -2.24. The highest BCUT2D eigenvalue weighted by Crippen LogP contribution is 2.27. The molecule has 21 heavy (non-hydrogen) atoms. The predicted octanol–water partition coefficient (Wildman–Crippen LogP) is 3.01. The number of aromatic nitrogens is 2. The molecule has 0 amide bonds. The van der Waals surface area contributed by atoms with E-state index in [9.17, 15) is 0 Å². The fourth-order valence-electron chi connectivity index (χ4n) is 2.50. The molecule has 0 radical (unpaired) electrons. The lowest BCUT2D eigenvalue weighted by atomic mass is 9.98. The first kappa shape index (κ1) is 14.1. The molecule has 2 aromatic rings. The number of aryl methyl sites for hydroxylation is 1. The van der Waals surface area contributed by atoms with Crippen LogP contribution in [0.5, 0.6) is 0 Å². The summed E-state index contributed by atoms with van der Waals surface area (Å²) < 4.78 is 10.8. The van der Waals surface area contributed by atoms with Gasteiger partial charge in [-0.1, -0.05) is 26.0 Å². The Labute approximate surface area is 124 Å². The van der Waals surface area contributed by atoms with Gasteiger partial charge in [0.15, 0.2) is 0 Å². The molecule has 2 heterocycles. The molecule has 0 unspecified atom stereocenters. The molecular formula is C16H21N3O2. The molecule has 0 bridgehead atoms. The Bertz CT molecular complexity index is 616. The molecule has 1 aliphatic heterocycles. The zero-order valence-electron chi connectivity index (χ0n) is 12.8. The molecular weight excluding hydrogens is 266 g/mol. The SMILES string of the molecule is Cc1cc(C(C)C)ccc1-c1nc(N2CCOCC2)no1. The van der Waals surface area contributed by atoms with Gasteiger partial charge in [-0.2, -0.15) is 4.98 Å². The molecule has 3 rings (SSSR count). The third kappa shape index (κ3) is 2.93. The smallest absolute Gasteiger partial charge is 0.266 e. The number of morpholine rings is 1. The fraction of sp³-hybridized carbons (Fsp3) is 0.500. The van der Waals surface area contributed by atoms with Crippen molar-refractivity contribution in [3.8, 4) is 11.5 Å². The molecule has 1 aliphatic rings. The summed E-state index contributed by atoms with van der Waals surface area (Å²) in [4.78, 5) is 6.62. The van der Waals surface area contributed by atoms with Crippen molar-refractivity contribution in [2.24, 2.45) is 0 Å². The van der Waals surface area contributed by atoms with E-state index in [-0.39, 0.29) is 0 Å². The zero-order chi connectivity index (χ0) is 14.8. The van der Waals surface area contributed by atoms with Crippen molar-refractivity contribution in [2.75, 3.05) is 31.2 Å². The Balaban J connectivity index is 1.85. The number of rotatable bonds is 3. The number of nitrogens with zero attached hydrogens (tertiary/aromatic N) is 3. The highest BCUT2D eigenvalue weighted by Gasteiger charge is 2.18. The highest BCUT2D eigenvalue weighted by atomic mass is 16.5. The average molecular weight is 287 g/mol. The summed E-state index contributed by atoms with van der Waals surface area (Å²) in [6.07, 6.45) is 0. The van der Waals surface area contributed by atoms with Crippen LogP contribution < -0.4 is 4.90 Å². The van der Waals surface area contributed by atoms with Crippen molar-refractivity contribution in [3.63, 3.8) is 0 Å². The molecule has 112 valence electrons. The van der Waals surface area contributed by atoms with Crippen molar-refractivity contribution < 1.29 is 9.26 Å². The summed E-state index contributed by atoms with van der Waals surface area (Å²) in [7, 11) is 0. The molecule has 0 saturated carbocycles. The van der Waals surface area contributed by atoms with Crippen molar-refractivity contribution >= 4 is 5.95 Å². The normalized spacial score (nSPS) is 15.7. The first-order valence-electron chi connectivity index (χ1n) is 7.42. The Morgan fingerprint density at radius 2 is 1.95 bits per heavy atom. The number of hydrogen-bond donors (Lipinski definition) is 0. The molecule has 0 N–H and O–H groups in total. The molecule has 1 saturated heterocycles. The van der Waals surface area contributed by atoms with Crippen LogP contribution in [0.1, 0.15) is 30.9 Å².